The van der Waals surface area contributed by atoms with Gasteiger partial charge in [0.2, 0.25) is 5.78 Å². The minimum atomic E-state index is -0.586. The van der Waals surface area contributed by atoms with Crippen LogP contribution in [0.1, 0.15) is 47.8 Å². The second-order valence-electron chi connectivity index (χ2n) is 7.32. The molecule has 0 radical (unpaired) electrons. The highest BCUT2D eigenvalue weighted by Gasteiger charge is 2.22. The summed E-state index contributed by atoms with van der Waals surface area (Å²) >= 11 is 0. The van der Waals surface area contributed by atoms with Crippen LogP contribution in [0.4, 0.5) is 0 Å². The summed E-state index contributed by atoms with van der Waals surface area (Å²) in [5.41, 5.74) is 1.77. The van der Waals surface area contributed by atoms with Crippen molar-refractivity contribution in [2.24, 2.45) is 0 Å². The molecule has 0 atom stereocenters. The number of ketones is 1. The van der Waals surface area contributed by atoms with Gasteiger partial charge in [0.25, 0.3) is 0 Å². The Bertz CT molecular complexity index is 881. The molecule has 0 N–H and O–H groups in total. The predicted molar refractivity (Wildman–Crippen MR) is 109 cm³/mol. The molecule has 0 saturated carbocycles. The smallest absolute Gasteiger partial charge is 0.331 e. The zero-order chi connectivity index (χ0) is 20.9. The van der Waals surface area contributed by atoms with E-state index in [1.165, 1.54) is 20.3 Å². The largest absolute Gasteiger partial charge is 0.496 e. The summed E-state index contributed by atoms with van der Waals surface area (Å²) in [6.45, 7) is 7.32. The number of ether oxygens (including phenoxy) is 3. The lowest BCUT2D eigenvalue weighted by Crippen LogP contribution is -2.22. The Balaban J connectivity index is 2.48. The SMILES string of the molecule is COc1cccc(OC)c1C(=O)c1ccc(C)cc1/C=C/C(=O)OC(C)(C)C. The van der Waals surface area contributed by atoms with Crippen LogP contribution in [0.15, 0.2) is 42.5 Å². The molecule has 0 saturated heterocycles. The van der Waals surface area contributed by atoms with E-state index in [4.69, 9.17) is 14.2 Å². The van der Waals surface area contributed by atoms with Gasteiger partial charge in [-0.25, -0.2) is 4.79 Å². The number of carbonyl (C=O) groups excluding carboxylic acids is 2. The maximum absolute atomic E-state index is 13.3. The number of rotatable bonds is 6. The number of aryl methyl sites for hydroxylation is 1. The van der Waals surface area contributed by atoms with Crippen LogP contribution in [0.25, 0.3) is 6.08 Å². The van der Waals surface area contributed by atoms with Crippen LogP contribution in [-0.2, 0) is 9.53 Å². The first kappa shape index (κ1) is 21.2. The summed E-state index contributed by atoms with van der Waals surface area (Å²) in [5.74, 6) is 0.124. The Labute approximate surface area is 165 Å². The quantitative estimate of drug-likeness (QED) is 0.415. The van der Waals surface area contributed by atoms with Crippen molar-refractivity contribution in [2.75, 3.05) is 14.2 Å². The van der Waals surface area contributed by atoms with Crippen molar-refractivity contribution in [3.05, 3.63) is 64.7 Å². The van der Waals surface area contributed by atoms with Gasteiger partial charge in [0.15, 0.2) is 0 Å². The molecule has 0 aliphatic heterocycles. The fourth-order valence-electron chi connectivity index (χ4n) is 2.73. The predicted octanol–water partition coefficient (Wildman–Crippen LogP) is 4.60. The lowest BCUT2D eigenvalue weighted by atomic mass is 9.95. The fourth-order valence-corrected chi connectivity index (χ4v) is 2.73. The van der Waals surface area contributed by atoms with Gasteiger partial charge in [-0.15, -0.1) is 0 Å². The molecule has 0 spiro atoms. The van der Waals surface area contributed by atoms with Gasteiger partial charge in [-0.3, -0.25) is 4.79 Å². The van der Waals surface area contributed by atoms with E-state index in [0.717, 1.165) is 5.56 Å². The van der Waals surface area contributed by atoms with Gasteiger partial charge in [0, 0.05) is 11.6 Å². The third kappa shape index (κ3) is 5.22. The molecule has 0 aliphatic carbocycles. The average molecular weight is 382 g/mol. The van der Waals surface area contributed by atoms with E-state index >= 15 is 0 Å². The lowest BCUT2D eigenvalue weighted by molar-refractivity contribution is -0.148. The van der Waals surface area contributed by atoms with Crippen LogP contribution >= 0.6 is 0 Å². The van der Waals surface area contributed by atoms with E-state index in [1.54, 1.807) is 51.1 Å². The molecule has 2 aromatic carbocycles. The molecule has 2 aromatic rings. The maximum atomic E-state index is 13.3. The molecule has 2 rings (SSSR count). The summed E-state index contributed by atoms with van der Waals surface area (Å²) in [7, 11) is 3.01. The number of carbonyl (C=O) groups is 2. The summed E-state index contributed by atoms with van der Waals surface area (Å²) in [6.07, 6.45) is 2.92. The zero-order valence-corrected chi connectivity index (χ0v) is 17.2. The van der Waals surface area contributed by atoms with Crippen LogP contribution in [0, 0.1) is 6.92 Å². The molecule has 0 amide bonds. The summed E-state index contributed by atoms with van der Waals surface area (Å²) in [5, 5.41) is 0. The van der Waals surface area contributed by atoms with Crippen LogP contribution in [0.2, 0.25) is 0 Å². The molecule has 0 heterocycles. The topological polar surface area (TPSA) is 61.8 Å². The van der Waals surface area contributed by atoms with Crippen molar-refractivity contribution >= 4 is 17.8 Å². The first-order valence-electron chi connectivity index (χ1n) is 8.93. The lowest BCUT2D eigenvalue weighted by Gasteiger charge is -2.18. The molecule has 5 nitrogen and oxygen atoms in total. The number of esters is 1. The van der Waals surface area contributed by atoms with E-state index in [2.05, 4.69) is 0 Å². The van der Waals surface area contributed by atoms with E-state index in [9.17, 15) is 9.59 Å². The first-order valence-corrected chi connectivity index (χ1v) is 8.93. The van der Waals surface area contributed by atoms with Gasteiger partial charge in [-0.2, -0.15) is 0 Å². The van der Waals surface area contributed by atoms with Crippen LogP contribution in [-0.4, -0.2) is 31.6 Å². The minimum absolute atomic E-state index is 0.252. The van der Waals surface area contributed by atoms with Crippen LogP contribution in [0.5, 0.6) is 11.5 Å². The molecule has 0 aromatic heterocycles. The molecular weight excluding hydrogens is 356 g/mol. The summed E-state index contributed by atoms with van der Waals surface area (Å²) < 4.78 is 16.0. The minimum Gasteiger partial charge on any atom is -0.496 e. The molecule has 0 aliphatic rings. The van der Waals surface area contributed by atoms with Gasteiger partial charge in [0.05, 0.1) is 14.2 Å². The Kier molecular flexibility index (Phi) is 6.62. The van der Waals surface area contributed by atoms with Crippen molar-refractivity contribution in [1.82, 2.24) is 0 Å². The van der Waals surface area contributed by atoms with Gasteiger partial charge >= 0.3 is 5.97 Å². The van der Waals surface area contributed by atoms with Gasteiger partial charge in [0.1, 0.15) is 22.7 Å². The Morgan fingerprint density at radius 1 is 0.964 bits per heavy atom. The normalized spacial score (nSPS) is 11.4. The Morgan fingerprint density at radius 3 is 2.11 bits per heavy atom. The van der Waals surface area contributed by atoms with Gasteiger partial charge in [-0.1, -0.05) is 29.8 Å². The third-order valence-corrected chi connectivity index (χ3v) is 3.91. The number of hydrogen-bond acceptors (Lipinski definition) is 5. The van der Waals surface area contributed by atoms with E-state index in [0.29, 0.717) is 28.2 Å². The summed E-state index contributed by atoms with van der Waals surface area (Å²) in [6, 6.07) is 10.6. The van der Waals surface area contributed by atoms with E-state index < -0.39 is 11.6 Å². The Hall–Kier alpha value is -3.08. The first-order chi connectivity index (χ1) is 13.2. The second-order valence-corrected chi connectivity index (χ2v) is 7.32. The molecule has 28 heavy (non-hydrogen) atoms. The number of methoxy groups -OCH3 is 2. The number of hydrogen-bond donors (Lipinski definition) is 0. The van der Waals surface area contributed by atoms with Crippen LogP contribution in [0.3, 0.4) is 0 Å². The fraction of sp³-hybridized carbons (Fsp3) is 0.304. The zero-order valence-electron chi connectivity index (χ0n) is 17.2. The molecule has 148 valence electrons. The van der Waals surface area contributed by atoms with Gasteiger partial charge in [-0.05, 0) is 51.5 Å². The highest BCUT2D eigenvalue weighted by Crippen LogP contribution is 2.32. The maximum Gasteiger partial charge on any atom is 0.331 e. The monoisotopic (exact) mass is 382 g/mol. The highest BCUT2D eigenvalue weighted by molar-refractivity contribution is 6.14. The summed E-state index contributed by atoms with van der Waals surface area (Å²) in [4.78, 5) is 25.3. The third-order valence-electron chi connectivity index (χ3n) is 3.91. The van der Waals surface area contributed by atoms with Crippen molar-refractivity contribution in [3.8, 4) is 11.5 Å². The van der Waals surface area contributed by atoms with Crippen molar-refractivity contribution in [1.29, 1.82) is 0 Å². The molecule has 5 heteroatoms. The van der Waals surface area contributed by atoms with Crippen molar-refractivity contribution in [2.45, 2.75) is 33.3 Å². The Morgan fingerprint density at radius 2 is 1.57 bits per heavy atom. The van der Waals surface area contributed by atoms with Gasteiger partial charge < -0.3 is 14.2 Å². The standard InChI is InChI=1S/C23H26O5/c1-15-10-12-17(16(14-15)11-13-20(24)28-23(2,3)4)22(25)21-18(26-5)8-7-9-19(21)27-6/h7-14H,1-6H3/b13-11+. The molecule has 0 bridgehead atoms. The van der Waals surface area contributed by atoms with E-state index in [-0.39, 0.29) is 5.78 Å². The number of benzene rings is 2. The highest BCUT2D eigenvalue weighted by atomic mass is 16.6. The van der Waals surface area contributed by atoms with Crippen molar-refractivity contribution in [3.63, 3.8) is 0 Å². The van der Waals surface area contributed by atoms with E-state index in [1.807, 2.05) is 19.1 Å². The molecular formula is C23H26O5. The molecule has 0 unspecified atom stereocenters. The van der Waals surface area contributed by atoms with Crippen LogP contribution < -0.4 is 9.47 Å². The second kappa shape index (κ2) is 8.74. The molecule has 0 fully saturated rings. The average Bonchev–Trinajstić information content (AvgIpc) is 2.63. The van der Waals surface area contributed by atoms with Crippen molar-refractivity contribution < 1.29 is 23.8 Å².